The lowest BCUT2D eigenvalue weighted by atomic mass is 10.1. The summed E-state index contributed by atoms with van der Waals surface area (Å²) in [4.78, 5) is 35.1. The van der Waals surface area contributed by atoms with E-state index in [4.69, 9.17) is 30.0 Å². The van der Waals surface area contributed by atoms with Gasteiger partial charge in [0.15, 0.2) is 45.9 Å². The van der Waals surface area contributed by atoms with Gasteiger partial charge < -0.3 is 31.2 Å². The van der Waals surface area contributed by atoms with Crippen molar-refractivity contribution < 1.29 is 0 Å². The van der Waals surface area contributed by atoms with Crippen molar-refractivity contribution in [3.63, 3.8) is 0 Å². The highest BCUT2D eigenvalue weighted by atomic mass is 15.2. The van der Waals surface area contributed by atoms with Crippen LogP contribution in [0.1, 0.15) is 94.2 Å². The van der Waals surface area contributed by atoms with Crippen LogP contribution in [0.5, 0.6) is 0 Å². The first kappa shape index (κ1) is 36.8. The number of aliphatic imine (C=N–C) groups is 4. The zero-order chi connectivity index (χ0) is 38.6. The van der Waals surface area contributed by atoms with Gasteiger partial charge in [0.05, 0.1) is 16.9 Å². The quantitative estimate of drug-likeness (QED) is 0.262. The maximum atomic E-state index is 10.5. The number of anilines is 2. The van der Waals surface area contributed by atoms with E-state index in [0.717, 1.165) is 0 Å². The zero-order valence-corrected chi connectivity index (χ0v) is 31.5. The Kier molecular flexibility index (Phi) is 8.95. The van der Waals surface area contributed by atoms with Crippen molar-refractivity contribution in [2.45, 2.75) is 105 Å². The van der Waals surface area contributed by atoms with Gasteiger partial charge in [-0.15, -0.1) is 0 Å². The van der Waals surface area contributed by atoms with Crippen LogP contribution >= 0.6 is 0 Å². The molecule has 0 spiro atoms. The van der Waals surface area contributed by atoms with Gasteiger partial charge in [-0.1, -0.05) is 0 Å². The molecule has 16 heteroatoms. The fourth-order valence-corrected chi connectivity index (χ4v) is 5.31. The molecule has 0 atom stereocenters. The zero-order valence-electron chi connectivity index (χ0n) is 31.5. The summed E-state index contributed by atoms with van der Waals surface area (Å²) in [5.41, 5.74) is -0.206. The Morgan fingerprint density at radius 2 is 1.15 bits per heavy atom. The lowest BCUT2D eigenvalue weighted by molar-refractivity contribution is 0.482. The van der Waals surface area contributed by atoms with Gasteiger partial charge in [-0.05, 0) is 83.1 Å². The molecule has 5 heterocycles. The molecule has 0 saturated heterocycles. The Labute approximate surface area is 302 Å². The number of amidine groups is 3. The molecule has 3 aliphatic heterocycles. The number of rotatable bonds is 3. The molecule has 0 saturated carbocycles. The minimum absolute atomic E-state index is 0.00183. The first-order valence-corrected chi connectivity index (χ1v) is 16.6. The number of nitrogens with zero attached hydrogens (tertiary/aromatic N) is 10. The van der Waals surface area contributed by atoms with Gasteiger partial charge in [0.1, 0.15) is 58.0 Å². The average Bonchev–Trinajstić information content (AvgIpc) is 3.67. The Morgan fingerprint density at radius 1 is 0.558 bits per heavy atom. The first-order chi connectivity index (χ1) is 24.0. The summed E-state index contributed by atoms with van der Waals surface area (Å²) in [5.74, 6) is 0.687. The molecule has 0 aliphatic carbocycles. The maximum absolute atomic E-state index is 10.5. The molecule has 0 aromatic carbocycles. The van der Waals surface area contributed by atoms with Crippen molar-refractivity contribution in [3.05, 3.63) is 44.8 Å². The molecule has 2 aromatic rings. The Hall–Kier alpha value is -6.52. The van der Waals surface area contributed by atoms with E-state index in [2.05, 4.69) is 55.5 Å². The fraction of sp³-hybridized carbons (Fsp3) is 0.444. The second kappa shape index (κ2) is 12.7. The van der Waals surface area contributed by atoms with Gasteiger partial charge in [-0.2, -0.15) is 21.0 Å². The first-order valence-electron chi connectivity index (χ1n) is 16.6. The van der Waals surface area contributed by atoms with Crippen molar-refractivity contribution >= 4 is 46.2 Å². The summed E-state index contributed by atoms with van der Waals surface area (Å²) < 4.78 is 0. The van der Waals surface area contributed by atoms with Crippen molar-refractivity contribution in [3.8, 4) is 24.3 Å². The highest BCUT2D eigenvalue weighted by Gasteiger charge is 2.34. The molecule has 8 bridgehead atoms. The highest BCUT2D eigenvalue weighted by molar-refractivity contribution is 6.51. The summed E-state index contributed by atoms with van der Waals surface area (Å²) in [6.07, 6.45) is 0. The standard InChI is InChI=1S/C36H42N16/c1-33(2,3)49-21-17(13-37)25-41-26-19(15-39)23(51-35(7,8)9)31(45-26)48-32-24(52-36(10,11)12)20(16-40)28(46-32)42-27-18(14-38)22(50-34(4,5)6)30(44-27)47-29(21)43-25/h43,49,51-52H,1-12H3,(H,44,47)(H,41,42,45,46,48). The average molecular weight is 699 g/mol. The number of hydrogen-bond donors (Lipinski definition) is 6. The Morgan fingerprint density at radius 3 is 1.69 bits per heavy atom. The second-order valence-corrected chi connectivity index (χ2v) is 16.5. The van der Waals surface area contributed by atoms with E-state index in [0.29, 0.717) is 17.1 Å². The van der Waals surface area contributed by atoms with Crippen LogP contribution in [0, 0.1) is 45.3 Å². The van der Waals surface area contributed by atoms with E-state index in [1.807, 2.05) is 83.1 Å². The summed E-state index contributed by atoms with van der Waals surface area (Å²) in [6, 6.07) is 8.91. The predicted octanol–water partition coefficient (Wildman–Crippen LogP) is 4.68. The van der Waals surface area contributed by atoms with Gasteiger partial charge in [0.25, 0.3) is 0 Å². The van der Waals surface area contributed by atoms with Crippen LogP contribution in [0.25, 0.3) is 0 Å². The van der Waals surface area contributed by atoms with Crippen LogP contribution in [0.4, 0.5) is 23.0 Å². The van der Waals surface area contributed by atoms with E-state index in [1.54, 1.807) is 0 Å². The molecule has 52 heavy (non-hydrogen) atoms. The van der Waals surface area contributed by atoms with Gasteiger partial charge in [0, 0.05) is 16.6 Å². The molecule has 0 unspecified atom stereocenters. The lowest BCUT2D eigenvalue weighted by Crippen LogP contribution is -2.38. The van der Waals surface area contributed by atoms with Crippen LogP contribution in [-0.2, 0) is 0 Å². The van der Waals surface area contributed by atoms with Crippen molar-refractivity contribution in [1.29, 1.82) is 21.0 Å². The topological polar surface area (TPSA) is 249 Å². The molecular weight excluding hydrogens is 657 g/mol. The van der Waals surface area contributed by atoms with Crippen LogP contribution < -0.4 is 32.2 Å². The minimum Gasteiger partial charge on any atom is -0.376 e. The number of aromatic nitrogens is 2. The molecule has 3 aliphatic rings. The molecule has 5 rings (SSSR count). The Balaban J connectivity index is 2.01. The number of aromatic amines is 2. The van der Waals surface area contributed by atoms with Crippen molar-refractivity contribution in [2.24, 2.45) is 30.0 Å². The minimum atomic E-state index is -0.640. The number of nitrogens with one attached hydrogen (secondary N) is 6. The van der Waals surface area contributed by atoms with E-state index >= 15 is 0 Å². The Bertz CT molecular complexity index is 2360. The molecule has 16 nitrogen and oxygen atoms in total. The molecule has 266 valence electrons. The summed E-state index contributed by atoms with van der Waals surface area (Å²) in [7, 11) is 0. The van der Waals surface area contributed by atoms with E-state index in [-0.39, 0.29) is 73.9 Å². The second-order valence-electron chi connectivity index (χ2n) is 16.5. The third kappa shape index (κ3) is 7.62. The highest BCUT2D eigenvalue weighted by Crippen LogP contribution is 2.38. The molecule has 0 radical (unpaired) electrons. The van der Waals surface area contributed by atoms with E-state index < -0.39 is 22.2 Å². The van der Waals surface area contributed by atoms with Crippen LogP contribution in [0.3, 0.4) is 0 Å². The summed E-state index contributed by atoms with van der Waals surface area (Å²) in [6.45, 7) is 23.0. The number of hydrogen-bond acceptors (Lipinski definition) is 14. The van der Waals surface area contributed by atoms with E-state index in [1.165, 1.54) is 0 Å². The molecule has 6 N–H and O–H groups in total. The summed E-state index contributed by atoms with van der Waals surface area (Å²) in [5, 5.41) is 55.2. The SMILES string of the molecule is CC(C)(C)N=C1C2=Nc3[nH]c(c(C#N)c3NC(C)(C)C)N=c3[nH]c(c(NC(C)(C)C)c3C#N)=NC3=NC(=NC(=C1C#N)N2)C(C#N)=C3NC(C)(C)C. The largest absolute Gasteiger partial charge is 0.376 e. The van der Waals surface area contributed by atoms with Crippen LogP contribution in [0.2, 0.25) is 0 Å². The fourth-order valence-electron chi connectivity index (χ4n) is 5.31. The predicted molar refractivity (Wildman–Crippen MR) is 200 cm³/mol. The third-order valence-electron chi connectivity index (χ3n) is 7.04. The van der Waals surface area contributed by atoms with E-state index in [9.17, 15) is 21.0 Å². The molecule has 2 aromatic heterocycles. The smallest absolute Gasteiger partial charge is 0.181 e. The lowest BCUT2D eigenvalue weighted by Gasteiger charge is -2.23. The van der Waals surface area contributed by atoms with Gasteiger partial charge >= 0.3 is 0 Å². The normalized spacial score (nSPS) is 16.7. The van der Waals surface area contributed by atoms with Gasteiger partial charge in [-0.25, -0.2) is 25.0 Å². The molecular formula is C36H42N16. The number of fused-ring (bicyclic) bond motifs is 7. The number of nitriles is 4. The van der Waals surface area contributed by atoms with Crippen molar-refractivity contribution in [1.82, 2.24) is 20.6 Å². The van der Waals surface area contributed by atoms with Gasteiger partial charge in [-0.3, -0.25) is 4.99 Å². The van der Waals surface area contributed by atoms with Crippen LogP contribution in [-0.4, -0.2) is 55.3 Å². The maximum Gasteiger partial charge on any atom is 0.181 e. The molecule has 0 amide bonds. The monoisotopic (exact) mass is 698 g/mol. The third-order valence-corrected chi connectivity index (χ3v) is 7.04. The van der Waals surface area contributed by atoms with Gasteiger partial charge in [0.2, 0.25) is 0 Å². The molecule has 0 fully saturated rings. The summed E-state index contributed by atoms with van der Waals surface area (Å²) >= 11 is 0. The van der Waals surface area contributed by atoms with Crippen LogP contribution in [0.15, 0.2) is 52.6 Å². The van der Waals surface area contributed by atoms with Crippen molar-refractivity contribution in [2.75, 3.05) is 10.6 Å². The number of H-pyrrole nitrogens is 2.